The molecule has 0 radical (unpaired) electrons. The molecule has 0 amide bonds. The number of nitrogens with one attached hydrogen (secondary N) is 1. The van der Waals surface area contributed by atoms with Gasteiger partial charge in [0, 0.05) is 19.2 Å². The molecule has 2 fully saturated rings. The topological polar surface area (TPSA) is 41.5 Å². The number of ether oxygens (including phenoxy) is 1. The van der Waals surface area contributed by atoms with Crippen molar-refractivity contribution >= 4 is 0 Å². The minimum atomic E-state index is -0.540. The van der Waals surface area contributed by atoms with Crippen LogP contribution in [0.15, 0.2) is 0 Å². The Balaban J connectivity index is 1.55. The molecule has 1 heterocycles. The molecule has 2 N–H and O–H groups in total. The van der Waals surface area contributed by atoms with Crippen LogP contribution < -0.4 is 5.32 Å². The molecule has 0 aromatic heterocycles. The molecule has 3 nitrogen and oxygen atoms in total. The Kier molecular flexibility index (Phi) is 4.22. The van der Waals surface area contributed by atoms with Gasteiger partial charge in [-0.1, -0.05) is 0 Å². The zero-order valence-electron chi connectivity index (χ0n) is 10.4. The second kappa shape index (κ2) is 5.48. The van der Waals surface area contributed by atoms with Gasteiger partial charge in [-0.3, -0.25) is 0 Å². The minimum Gasteiger partial charge on any atom is -0.389 e. The molecule has 0 aromatic rings. The molecule has 16 heavy (non-hydrogen) atoms. The van der Waals surface area contributed by atoms with E-state index in [4.69, 9.17) is 4.74 Å². The molecule has 0 aromatic carbocycles. The first kappa shape index (κ1) is 12.3. The van der Waals surface area contributed by atoms with Gasteiger partial charge in [-0.2, -0.15) is 0 Å². The lowest BCUT2D eigenvalue weighted by atomic mass is 9.97. The highest BCUT2D eigenvalue weighted by molar-refractivity contribution is 4.85. The molecule has 0 bridgehead atoms. The van der Waals surface area contributed by atoms with Crippen molar-refractivity contribution in [2.24, 2.45) is 0 Å². The van der Waals surface area contributed by atoms with Crippen LogP contribution in [0.4, 0.5) is 0 Å². The maximum atomic E-state index is 10.2. The van der Waals surface area contributed by atoms with Crippen molar-refractivity contribution in [1.29, 1.82) is 0 Å². The van der Waals surface area contributed by atoms with E-state index in [-0.39, 0.29) is 0 Å². The van der Waals surface area contributed by atoms with Gasteiger partial charge in [-0.15, -0.1) is 0 Å². The molecule has 2 rings (SSSR count). The molecule has 2 atom stereocenters. The molecule has 1 aliphatic heterocycles. The third-order valence-electron chi connectivity index (χ3n) is 3.61. The molecule has 1 saturated heterocycles. The number of aliphatic hydroxyl groups is 1. The largest absolute Gasteiger partial charge is 0.389 e. The molecule has 2 unspecified atom stereocenters. The van der Waals surface area contributed by atoms with Gasteiger partial charge in [0.05, 0.1) is 11.7 Å². The molecule has 2 aliphatic rings. The Labute approximate surface area is 98.6 Å². The zero-order chi connectivity index (χ0) is 11.4. The van der Waals surface area contributed by atoms with Crippen LogP contribution >= 0.6 is 0 Å². The van der Waals surface area contributed by atoms with Crippen molar-refractivity contribution in [2.45, 2.75) is 69.6 Å². The first-order valence-electron chi connectivity index (χ1n) is 6.73. The third kappa shape index (κ3) is 4.40. The molecule has 1 aliphatic carbocycles. The molecular formula is C13H25NO2. The summed E-state index contributed by atoms with van der Waals surface area (Å²) in [6, 6.07) is 0.685. The van der Waals surface area contributed by atoms with Crippen LogP contribution in [-0.2, 0) is 4.74 Å². The van der Waals surface area contributed by atoms with Crippen LogP contribution in [0, 0.1) is 0 Å². The number of rotatable bonds is 7. The van der Waals surface area contributed by atoms with E-state index in [1.807, 2.05) is 6.92 Å². The Bertz CT molecular complexity index is 208. The summed E-state index contributed by atoms with van der Waals surface area (Å²) in [7, 11) is 0. The maximum absolute atomic E-state index is 10.2. The van der Waals surface area contributed by atoms with E-state index in [2.05, 4.69) is 5.32 Å². The van der Waals surface area contributed by atoms with Crippen LogP contribution in [0.5, 0.6) is 0 Å². The SMILES string of the molecule is CC(O)(CCCC1CCCO1)CNC1CC1. The Hall–Kier alpha value is -0.120. The highest BCUT2D eigenvalue weighted by atomic mass is 16.5. The third-order valence-corrected chi connectivity index (χ3v) is 3.61. The summed E-state index contributed by atoms with van der Waals surface area (Å²) < 4.78 is 5.58. The lowest BCUT2D eigenvalue weighted by Gasteiger charge is -2.24. The van der Waals surface area contributed by atoms with E-state index in [0.29, 0.717) is 12.1 Å². The summed E-state index contributed by atoms with van der Waals surface area (Å²) >= 11 is 0. The van der Waals surface area contributed by atoms with E-state index >= 15 is 0 Å². The summed E-state index contributed by atoms with van der Waals surface area (Å²) in [5, 5.41) is 13.6. The minimum absolute atomic E-state index is 0.465. The van der Waals surface area contributed by atoms with Crippen molar-refractivity contribution in [3.05, 3.63) is 0 Å². The highest BCUT2D eigenvalue weighted by Gasteiger charge is 2.26. The molecule has 1 saturated carbocycles. The monoisotopic (exact) mass is 227 g/mol. The van der Waals surface area contributed by atoms with Crippen LogP contribution in [0.25, 0.3) is 0 Å². The summed E-state index contributed by atoms with van der Waals surface area (Å²) in [6.07, 6.45) is 8.52. The lowest BCUT2D eigenvalue weighted by Crippen LogP contribution is -2.38. The molecule has 3 heteroatoms. The Morgan fingerprint density at radius 3 is 2.81 bits per heavy atom. The number of hydrogen-bond donors (Lipinski definition) is 2. The Morgan fingerprint density at radius 1 is 1.38 bits per heavy atom. The lowest BCUT2D eigenvalue weighted by molar-refractivity contribution is 0.0401. The quantitative estimate of drug-likeness (QED) is 0.697. The van der Waals surface area contributed by atoms with Gasteiger partial charge >= 0.3 is 0 Å². The van der Waals surface area contributed by atoms with Crippen molar-refractivity contribution in [3.8, 4) is 0 Å². The fraction of sp³-hybridized carbons (Fsp3) is 1.00. The summed E-state index contributed by atoms with van der Waals surface area (Å²) in [4.78, 5) is 0. The standard InChI is InChI=1S/C13H25NO2/c1-13(15,10-14-11-6-7-11)8-2-4-12-5-3-9-16-12/h11-12,14-15H,2-10H2,1H3. The van der Waals surface area contributed by atoms with E-state index in [9.17, 15) is 5.11 Å². The van der Waals surface area contributed by atoms with Crippen LogP contribution in [-0.4, -0.2) is 36.0 Å². The molecule has 94 valence electrons. The second-order valence-electron chi connectivity index (χ2n) is 5.68. The van der Waals surface area contributed by atoms with Crippen LogP contribution in [0.2, 0.25) is 0 Å². The van der Waals surface area contributed by atoms with E-state index < -0.39 is 5.60 Å². The van der Waals surface area contributed by atoms with E-state index in [1.54, 1.807) is 0 Å². The van der Waals surface area contributed by atoms with Gasteiger partial charge in [0.1, 0.15) is 0 Å². The van der Waals surface area contributed by atoms with Crippen LogP contribution in [0.1, 0.15) is 51.9 Å². The Morgan fingerprint density at radius 2 is 2.19 bits per heavy atom. The maximum Gasteiger partial charge on any atom is 0.0743 e. The van der Waals surface area contributed by atoms with Crippen molar-refractivity contribution in [2.75, 3.05) is 13.2 Å². The van der Waals surface area contributed by atoms with Gasteiger partial charge in [0.15, 0.2) is 0 Å². The number of hydrogen-bond acceptors (Lipinski definition) is 3. The van der Waals surface area contributed by atoms with Crippen molar-refractivity contribution < 1.29 is 9.84 Å². The van der Waals surface area contributed by atoms with Gasteiger partial charge in [-0.25, -0.2) is 0 Å². The predicted molar refractivity (Wildman–Crippen MR) is 64.5 cm³/mol. The van der Waals surface area contributed by atoms with Gasteiger partial charge in [0.25, 0.3) is 0 Å². The first-order valence-corrected chi connectivity index (χ1v) is 6.73. The van der Waals surface area contributed by atoms with E-state index in [0.717, 1.165) is 32.4 Å². The predicted octanol–water partition coefficient (Wildman–Crippen LogP) is 1.84. The van der Waals surface area contributed by atoms with E-state index in [1.165, 1.54) is 25.7 Å². The summed E-state index contributed by atoms with van der Waals surface area (Å²) in [5.41, 5.74) is -0.540. The van der Waals surface area contributed by atoms with Gasteiger partial charge < -0.3 is 15.2 Å². The zero-order valence-corrected chi connectivity index (χ0v) is 10.4. The van der Waals surface area contributed by atoms with Gasteiger partial charge in [0.2, 0.25) is 0 Å². The fourth-order valence-corrected chi connectivity index (χ4v) is 2.32. The van der Waals surface area contributed by atoms with Crippen LogP contribution in [0.3, 0.4) is 0 Å². The van der Waals surface area contributed by atoms with Crippen molar-refractivity contribution in [3.63, 3.8) is 0 Å². The average molecular weight is 227 g/mol. The smallest absolute Gasteiger partial charge is 0.0743 e. The summed E-state index contributed by atoms with van der Waals surface area (Å²) in [5.74, 6) is 0. The first-order chi connectivity index (χ1) is 7.66. The van der Waals surface area contributed by atoms with Crippen molar-refractivity contribution in [1.82, 2.24) is 5.32 Å². The van der Waals surface area contributed by atoms with Gasteiger partial charge in [-0.05, 0) is 51.9 Å². The summed E-state index contributed by atoms with van der Waals surface area (Å²) in [6.45, 7) is 3.62. The average Bonchev–Trinajstić information content (AvgIpc) is 2.93. The highest BCUT2D eigenvalue weighted by Crippen LogP contribution is 2.23. The fourth-order valence-electron chi connectivity index (χ4n) is 2.32. The molecule has 0 spiro atoms. The second-order valence-corrected chi connectivity index (χ2v) is 5.68. The molecular weight excluding hydrogens is 202 g/mol. The normalized spacial score (nSPS) is 29.2.